The van der Waals surface area contributed by atoms with Gasteiger partial charge in [-0.1, -0.05) is 0 Å². The molecule has 6 heteroatoms. The lowest BCUT2D eigenvalue weighted by Crippen LogP contribution is -2.22. The molecule has 0 saturated heterocycles. The zero-order valence-electron chi connectivity index (χ0n) is 10.0. The minimum Gasteiger partial charge on any atom is -0.385 e. The Morgan fingerprint density at radius 3 is 2.88 bits per heavy atom. The van der Waals surface area contributed by atoms with Crippen LogP contribution in [0.4, 0.5) is 11.6 Å². The smallest absolute Gasteiger partial charge is 0.145 e. The highest BCUT2D eigenvalue weighted by atomic mass is 16.5. The van der Waals surface area contributed by atoms with Crippen LogP contribution in [-0.4, -0.2) is 37.3 Å². The molecule has 0 spiro atoms. The maximum Gasteiger partial charge on any atom is 0.145 e. The quantitative estimate of drug-likeness (QED) is 0.418. The number of hydrogen-bond acceptors (Lipinski definition) is 6. The van der Waals surface area contributed by atoms with E-state index in [-0.39, 0.29) is 0 Å². The second kappa shape index (κ2) is 6.24. The van der Waals surface area contributed by atoms with Crippen LogP contribution >= 0.6 is 0 Å². The van der Waals surface area contributed by atoms with Crippen molar-refractivity contribution >= 4 is 11.6 Å². The third-order valence-corrected chi connectivity index (χ3v) is 2.21. The average molecular weight is 225 g/mol. The van der Waals surface area contributed by atoms with Gasteiger partial charge < -0.3 is 15.1 Å². The highest BCUT2D eigenvalue weighted by Gasteiger charge is 2.05. The van der Waals surface area contributed by atoms with Crippen molar-refractivity contribution in [3.63, 3.8) is 0 Å². The van der Waals surface area contributed by atoms with E-state index in [9.17, 15) is 0 Å². The summed E-state index contributed by atoms with van der Waals surface area (Å²) in [4.78, 5) is 10.5. The van der Waals surface area contributed by atoms with E-state index in [2.05, 4.69) is 20.3 Å². The first-order chi connectivity index (χ1) is 7.67. The molecule has 1 rings (SSSR count). The zero-order valence-corrected chi connectivity index (χ0v) is 10.0. The number of nitrogens with zero attached hydrogens (tertiary/aromatic N) is 3. The van der Waals surface area contributed by atoms with Gasteiger partial charge in [0.25, 0.3) is 0 Å². The van der Waals surface area contributed by atoms with Crippen molar-refractivity contribution in [2.45, 2.75) is 13.3 Å². The first-order valence-electron chi connectivity index (χ1n) is 5.19. The molecular weight excluding hydrogens is 206 g/mol. The number of methoxy groups -OCH3 is 1. The molecule has 1 heterocycles. The van der Waals surface area contributed by atoms with Gasteiger partial charge in [0.2, 0.25) is 0 Å². The van der Waals surface area contributed by atoms with Gasteiger partial charge in [-0.15, -0.1) is 0 Å². The Hall–Kier alpha value is -1.40. The summed E-state index contributed by atoms with van der Waals surface area (Å²) in [5, 5.41) is 0. The standard InChI is InChI=1S/C10H19N5O/c1-8-12-9(14-11)7-10(13-8)15(2)5-4-6-16-3/h7H,4-6,11H2,1-3H3,(H,12,13,14). The number of hydrazine groups is 1. The van der Waals surface area contributed by atoms with E-state index >= 15 is 0 Å². The molecule has 0 aliphatic rings. The van der Waals surface area contributed by atoms with Crippen LogP contribution in [-0.2, 0) is 4.74 Å². The second-order valence-corrected chi connectivity index (χ2v) is 3.57. The Kier molecular flexibility index (Phi) is 4.94. The highest BCUT2D eigenvalue weighted by Crippen LogP contribution is 2.13. The van der Waals surface area contributed by atoms with E-state index in [4.69, 9.17) is 10.6 Å². The van der Waals surface area contributed by atoms with Gasteiger partial charge in [-0.3, -0.25) is 0 Å². The molecular formula is C10H19N5O. The summed E-state index contributed by atoms with van der Waals surface area (Å²) >= 11 is 0. The fourth-order valence-corrected chi connectivity index (χ4v) is 1.38. The van der Waals surface area contributed by atoms with Crippen LogP contribution in [0.25, 0.3) is 0 Å². The number of aryl methyl sites for hydroxylation is 1. The monoisotopic (exact) mass is 225 g/mol. The Morgan fingerprint density at radius 2 is 2.25 bits per heavy atom. The van der Waals surface area contributed by atoms with Crippen molar-refractivity contribution in [3.05, 3.63) is 11.9 Å². The topological polar surface area (TPSA) is 76.3 Å². The number of anilines is 2. The Balaban J connectivity index is 2.66. The normalized spacial score (nSPS) is 10.2. The summed E-state index contributed by atoms with van der Waals surface area (Å²) in [7, 11) is 3.68. The minimum atomic E-state index is 0.626. The predicted octanol–water partition coefficient (Wildman–Crippen LogP) is 0.543. The second-order valence-electron chi connectivity index (χ2n) is 3.57. The van der Waals surface area contributed by atoms with Gasteiger partial charge in [0.15, 0.2) is 0 Å². The molecule has 16 heavy (non-hydrogen) atoms. The molecule has 0 aromatic carbocycles. The van der Waals surface area contributed by atoms with Gasteiger partial charge in [0, 0.05) is 33.4 Å². The molecule has 0 aliphatic carbocycles. The molecule has 0 aliphatic heterocycles. The summed E-state index contributed by atoms with van der Waals surface area (Å²) in [6, 6.07) is 1.82. The average Bonchev–Trinajstić information content (AvgIpc) is 2.28. The maximum absolute atomic E-state index is 5.33. The fourth-order valence-electron chi connectivity index (χ4n) is 1.38. The van der Waals surface area contributed by atoms with Crippen LogP contribution in [0.1, 0.15) is 12.2 Å². The van der Waals surface area contributed by atoms with Gasteiger partial charge >= 0.3 is 0 Å². The molecule has 0 fully saturated rings. The predicted molar refractivity (Wildman–Crippen MR) is 64.3 cm³/mol. The summed E-state index contributed by atoms with van der Waals surface area (Å²) < 4.78 is 5.00. The van der Waals surface area contributed by atoms with Crippen molar-refractivity contribution < 1.29 is 4.74 Å². The van der Waals surface area contributed by atoms with E-state index in [0.717, 1.165) is 25.4 Å². The number of nitrogens with one attached hydrogen (secondary N) is 1. The lowest BCUT2D eigenvalue weighted by atomic mass is 10.4. The lowest BCUT2D eigenvalue weighted by Gasteiger charge is -2.18. The molecule has 1 aromatic rings. The molecule has 90 valence electrons. The summed E-state index contributed by atoms with van der Waals surface area (Å²) in [5.74, 6) is 7.51. The Bertz CT molecular complexity index is 331. The van der Waals surface area contributed by atoms with E-state index in [0.29, 0.717) is 11.6 Å². The van der Waals surface area contributed by atoms with Crippen molar-refractivity contribution in [1.29, 1.82) is 0 Å². The fraction of sp³-hybridized carbons (Fsp3) is 0.600. The van der Waals surface area contributed by atoms with Gasteiger partial charge in [0.1, 0.15) is 17.5 Å². The molecule has 0 unspecified atom stereocenters. The first kappa shape index (κ1) is 12.7. The molecule has 0 radical (unpaired) electrons. The van der Waals surface area contributed by atoms with E-state index in [1.807, 2.05) is 20.0 Å². The number of ether oxygens (including phenoxy) is 1. The first-order valence-corrected chi connectivity index (χ1v) is 5.19. The van der Waals surface area contributed by atoms with E-state index in [1.165, 1.54) is 0 Å². The minimum absolute atomic E-state index is 0.626. The highest BCUT2D eigenvalue weighted by molar-refractivity contribution is 5.48. The molecule has 0 bridgehead atoms. The molecule has 0 atom stereocenters. The Morgan fingerprint density at radius 1 is 1.50 bits per heavy atom. The van der Waals surface area contributed by atoms with Crippen LogP contribution in [0.15, 0.2) is 6.07 Å². The molecule has 1 aromatic heterocycles. The zero-order chi connectivity index (χ0) is 12.0. The maximum atomic E-state index is 5.33. The van der Waals surface area contributed by atoms with E-state index in [1.54, 1.807) is 7.11 Å². The summed E-state index contributed by atoms with van der Waals surface area (Å²) in [5.41, 5.74) is 2.53. The van der Waals surface area contributed by atoms with E-state index < -0.39 is 0 Å². The Labute approximate surface area is 95.8 Å². The summed E-state index contributed by atoms with van der Waals surface area (Å²) in [6.07, 6.45) is 0.960. The van der Waals surface area contributed by atoms with Crippen LogP contribution in [0.5, 0.6) is 0 Å². The van der Waals surface area contributed by atoms with Crippen LogP contribution in [0.3, 0.4) is 0 Å². The number of nitrogens with two attached hydrogens (primary N) is 1. The number of aromatic nitrogens is 2. The molecule has 0 saturated carbocycles. The van der Waals surface area contributed by atoms with Gasteiger partial charge in [-0.05, 0) is 13.3 Å². The molecule has 0 amide bonds. The SMILES string of the molecule is COCCCN(C)c1cc(NN)nc(C)n1. The van der Waals surface area contributed by atoms with Crippen LogP contribution in [0, 0.1) is 6.92 Å². The third-order valence-electron chi connectivity index (χ3n) is 2.21. The van der Waals surface area contributed by atoms with Crippen molar-refractivity contribution in [2.75, 3.05) is 37.6 Å². The number of rotatable bonds is 6. The van der Waals surface area contributed by atoms with Crippen molar-refractivity contribution in [3.8, 4) is 0 Å². The number of nitrogen functional groups attached to an aromatic ring is 1. The van der Waals surface area contributed by atoms with Crippen molar-refractivity contribution in [2.24, 2.45) is 5.84 Å². The molecule has 3 N–H and O–H groups in total. The summed E-state index contributed by atoms with van der Waals surface area (Å²) in [6.45, 7) is 3.47. The largest absolute Gasteiger partial charge is 0.385 e. The third kappa shape index (κ3) is 3.63. The molecule has 6 nitrogen and oxygen atoms in total. The van der Waals surface area contributed by atoms with Gasteiger partial charge in [-0.25, -0.2) is 15.8 Å². The van der Waals surface area contributed by atoms with Gasteiger partial charge in [0.05, 0.1) is 0 Å². The van der Waals surface area contributed by atoms with Crippen molar-refractivity contribution in [1.82, 2.24) is 9.97 Å². The van der Waals surface area contributed by atoms with Crippen LogP contribution in [0.2, 0.25) is 0 Å². The van der Waals surface area contributed by atoms with Crippen LogP contribution < -0.4 is 16.2 Å². The lowest BCUT2D eigenvalue weighted by molar-refractivity contribution is 0.196. The van der Waals surface area contributed by atoms with Gasteiger partial charge in [-0.2, -0.15) is 0 Å². The number of hydrogen-bond donors (Lipinski definition) is 2.